The van der Waals surface area contributed by atoms with Crippen LogP contribution in [0.4, 0.5) is 5.82 Å². The van der Waals surface area contributed by atoms with Crippen LogP contribution in [0.25, 0.3) is 16.3 Å². The molecule has 2 aliphatic rings. The lowest BCUT2D eigenvalue weighted by Crippen LogP contribution is -3.14. The van der Waals surface area contributed by atoms with E-state index in [0.29, 0.717) is 0 Å². The van der Waals surface area contributed by atoms with Gasteiger partial charge in [0.1, 0.15) is 17.0 Å². The Bertz CT molecular complexity index is 971. The second-order valence-electron chi connectivity index (χ2n) is 7.84. The summed E-state index contributed by atoms with van der Waals surface area (Å²) in [5, 5.41) is 1.36. The molecule has 28 heavy (non-hydrogen) atoms. The largest absolute Gasteiger partial charge is 0.345 e. The van der Waals surface area contributed by atoms with E-state index in [-0.39, 0.29) is 0 Å². The smallest absolute Gasteiger partial charge is 0.141 e. The zero-order valence-corrected chi connectivity index (χ0v) is 17.0. The molecule has 1 N–H and O–H groups in total. The minimum absolute atomic E-state index is 1.07. The highest BCUT2D eigenvalue weighted by molar-refractivity contribution is 7.19. The van der Waals surface area contributed by atoms with E-state index >= 15 is 0 Å². The quantitative estimate of drug-likeness (QED) is 0.742. The molecule has 3 heterocycles. The number of nitrogens with one attached hydrogen (secondary N) is 1. The highest BCUT2D eigenvalue weighted by atomic mass is 32.1. The van der Waals surface area contributed by atoms with Gasteiger partial charge in [0.2, 0.25) is 0 Å². The Labute approximate surface area is 170 Å². The number of quaternary nitrogens is 1. The molecule has 2 aromatic heterocycles. The molecule has 1 aliphatic heterocycles. The van der Waals surface area contributed by atoms with Crippen LogP contribution in [-0.2, 0) is 12.8 Å². The molecule has 0 bridgehead atoms. The van der Waals surface area contributed by atoms with Gasteiger partial charge >= 0.3 is 0 Å². The van der Waals surface area contributed by atoms with Crippen molar-refractivity contribution in [3.63, 3.8) is 0 Å². The molecule has 0 saturated carbocycles. The lowest BCUT2D eigenvalue weighted by molar-refractivity contribution is -0.894. The van der Waals surface area contributed by atoms with Gasteiger partial charge in [-0.3, -0.25) is 0 Å². The summed E-state index contributed by atoms with van der Waals surface area (Å²) < 4.78 is 0. The van der Waals surface area contributed by atoms with Crippen molar-refractivity contribution in [3.05, 3.63) is 58.7 Å². The lowest BCUT2D eigenvalue weighted by Gasteiger charge is -2.33. The molecule has 0 atom stereocenters. The minimum atomic E-state index is 1.07. The van der Waals surface area contributed by atoms with Gasteiger partial charge in [0.15, 0.2) is 0 Å². The van der Waals surface area contributed by atoms with Crippen molar-refractivity contribution in [2.45, 2.75) is 25.7 Å². The number of anilines is 1. The molecule has 1 fully saturated rings. The van der Waals surface area contributed by atoms with E-state index < -0.39 is 0 Å². The van der Waals surface area contributed by atoms with Crippen molar-refractivity contribution < 1.29 is 4.90 Å². The van der Waals surface area contributed by atoms with Gasteiger partial charge in [0.05, 0.1) is 38.1 Å². The van der Waals surface area contributed by atoms with E-state index in [2.05, 4.69) is 52.4 Å². The van der Waals surface area contributed by atoms with Crippen LogP contribution in [-0.4, -0.2) is 42.7 Å². The number of rotatable bonds is 4. The monoisotopic (exact) mass is 391 g/mol. The maximum atomic E-state index is 4.74. The van der Waals surface area contributed by atoms with Gasteiger partial charge in [-0.25, -0.2) is 9.97 Å². The Morgan fingerprint density at radius 2 is 1.86 bits per heavy atom. The number of nitrogens with zero attached hydrogens (tertiary/aromatic N) is 3. The van der Waals surface area contributed by atoms with Crippen molar-refractivity contribution in [2.24, 2.45) is 0 Å². The van der Waals surface area contributed by atoms with Crippen LogP contribution < -0.4 is 9.80 Å². The molecule has 1 aromatic carbocycles. The topological polar surface area (TPSA) is 33.5 Å². The van der Waals surface area contributed by atoms with Gasteiger partial charge in [-0.05, 0) is 42.9 Å². The van der Waals surface area contributed by atoms with E-state index in [9.17, 15) is 0 Å². The molecule has 0 spiro atoms. The van der Waals surface area contributed by atoms with Gasteiger partial charge in [-0.15, -0.1) is 11.3 Å². The summed E-state index contributed by atoms with van der Waals surface area (Å²) in [6.45, 7) is 5.57. The van der Waals surface area contributed by atoms with Crippen LogP contribution in [0.2, 0.25) is 0 Å². The Kier molecular flexibility index (Phi) is 5.10. The van der Waals surface area contributed by atoms with E-state index in [1.807, 2.05) is 11.3 Å². The molecule has 1 saturated heterocycles. The van der Waals surface area contributed by atoms with Crippen LogP contribution >= 0.6 is 11.3 Å². The number of benzene rings is 1. The van der Waals surface area contributed by atoms with Gasteiger partial charge in [-0.1, -0.05) is 36.4 Å². The second-order valence-corrected chi connectivity index (χ2v) is 8.93. The Balaban J connectivity index is 1.27. The van der Waals surface area contributed by atoms with E-state index in [1.54, 1.807) is 21.7 Å². The number of aryl methyl sites for hydroxylation is 2. The van der Waals surface area contributed by atoms with E-state index in [4.69, 9.17) is 4.98 Å². The SMILES string of the molecule is C(=C\c1ccccc1)/C[NH+]1CCN(c2ncnc3sc4c(c23)CCCC4)CC1. The number of piperazine rings is 1. The van der Waals surface area contributed by atoms with Crippen LogP contribution in [0.3, 0.4) is 0 Å². The standard InChI is InChI=1S/C23H26N4S/c1-2-7-18(8-3-1)9-6-12-26-13-15-27(16-14-26)22-21-19-10-4-5-11-20(19)28-23(21)25-17-24-22/h1-3,6-9,17H,4-5,10-16H2/p+1/b9-6+. The Hall–Kier alpha value is -2.24. The van der Waals surface area contributed by atoms with Crippen molar-refractivity contribution in [1.29, 1.82) is 0 Å². The van der Waals surface area contributed by atoms with E-state index in [0.717, 1.165) is 32.7 Å². The fourth-order valence-corrected chi connectivity index (χ4v) is 5.70. The van der Waals surface area contributed by atoms with Crippen LogP contribution in [0, 0.1) is 0 Å². The first-order valence-electron chi connectivity index (χ1n) is 10.4. The zero-order valence-electron chi connectivity index (χ0n) is 16.2. The van der Waals surface area contributed by atoms with Crippen molar-refractivity contribution in [2.75, 3.05) is 37.6 Å². The van der Waals surface area contributed by atoms with E-state index in [1.165, 1.54) is 47.3 Å². The Morgan fingerprint density at radius 3 is 2.71 bits per heavy atom. The number of aromatic nitrogens is 2. The molecule has 1 aliphatic carbocycles. The highest BCUT2D eigenvalue weighted by Crippen LogP contribution is 2.39. The fourth-order valence-electron chi connectivity index (χ4n) is 4.48. The highest BCUT2D eigenvalue weighted by Gasteiger charge is 2.25. The molecule has 0 amide bonds. The first-order valence-corrected chi connectivity index (χ1v) is 11.3. The molecule has 5 rings (SSSR count). The van der Waals surface area contributed by atoms with Crippen molar-refractivity contribution >= 4 is 33.4 Å². The average molecular weight is 392 g/mol. The summed E-state index contributed by atoms with van der Waals surface area (Å²) in [7, 11) is 0. The lowest BCUT2D eigenvalue weighted by atomic mass is 9.97. The number of hydrogen-bond donors (Lipinski definition) is 1. The van der Waals surface area contributed by atoms with Crippen molar-refractivity contribution in [3.8, 4) is 0 Å². The summed E-state index contributed by atoms with van der Waals surface area (Å²) >= 11 is 1.90. The third-order valence-electron chi connectivity index (χ3n) is 6.02. The summed E-state index contributed by atoms with van der Waals surface area (Å²) in [5.74, 6) is 1.18. The normalized spacial score (nSPS) is 18.1. The average Bonchev–Trinajstić information content (AvgIpc) is 3.14. The molecule has 144 valence electrons. The molecular weight excluding hydrogens is 364 g/mol. The summed E-state index contributed by atoms with van der Waals surface area (Å²) in [6.07, 6.45) is 11.4. The number of hydrogen-bond acceptors (Lipinski definition) is 4. The van der Waals surface area contributed by atoms with Crippen LogP contribution in [0.15, 0.2) is 42.7 Å². The maximum absolute atomic E-state index is 4.74. The Morgan fingerprint density at radius 1 is 1.04 bits per heavy atom. The number of fused-ring (bicyclic) bond motifs is 3. The van der Waals surface area contributed by atoms with Gasteiger partial charge in [0, 0.05) is 4.88 Å². The van der Waals surface area contributed by atoms with Gasteiger partial charge < -0.3 is 9.80 Å². The molecular formula is C23H27N4S+. The third kappa shape index (κ3) is 3.56. The minimum Gasteiger partial charge on any atom is -0.345 e. The molecule has 0 radical (unpaired) electrons. The summed E-state index contributed by atoms with van der Waals surface area (Å²) in [5.41, 5.74) is 2.83. The zero-order chi connectivity index (χ0) is 18.8. The summed E-state index contributed by atoms with van der Waals surface area (Å²) in [6, 6.07) is 10.6. The molecule has 5 heteroatoms. The second kappa shape index (κ2) is 8.02. The predicted molar refractivity (Wildman–Crippen MR) is 117 cm³/mol. The third-order valence-corrected chi connectivity index (χ3v) is 7.22. The molecule has 0 unspecified atom stereocenters. The molecule has 4 nitrogen and oxygen atoms in total. The number of thiophene rings is 1. The fraction of sp³-hybridized carbons (Fsp3) is 0.391. The van der Waals surface area contributed by atoms with Crippen LogP contribution in [0.1, 0.15) is 28.8 Å². The van der Waals surface area contributed by atoms with Gasteiger partial charge in [-0.2, -0.15) is 0 Å². The van der Waals surface area contributed by atoms with Crippen molar-refractivity contribution in [1.82, 2.24) is 9.97 Å². The first-order chi connectivity index (χ1) is 13.9. The van der Waals surface area contributed by atoms with Crippen LogP contribution in [0.5, 0.6) is 0 Å². The predicted octanol–water partition coefficient (Wildman–Crippen LogP) is 2.99. The van der Waals surface area contributed by atoms with Gasteiger partial charge in [0.25, 0.3) is 0 Å². The maximum Gasteiger partial charge on any atom is 0.141 e. The summed E-state index contributed by atoms with van der Waals surface area (Å²) in [4.78, 5) is 16.2. The molecule has 3 aromatic rings. The first kappa shape index (κ1) is 17.8.